The smallest absolute Gasteiger partial charge is 0.255 e. The highest BCUT2D eigenvalue weighted by Gasteiger charge is 2.17. The fourth-order valence-electron chi connectivity index (χ4n) is 2.57. The number of carbonyl (C=O) groups excluding carboxylic acids is 1. The van der Waals surface area contributed by atoms with Crippen molar-refractivity contribution in [3.63, 3.8) is 0 Å². The summed E-state index contributed by atoms with van der Waals surface area (Å²) in [5.41, 5.74) is 1.86. The first-order chi connectivity index (χ1) is 13.6. The van der Waals surface area contributed by atoms with Gasteiger partial charge in [0.1, 0.15) is 0 Å². The molecule has 28 heavy (non-hydrogen) atoms. The zero-order chi connectivity index (χ0) is 19.9. The highest BCUT2D eigenvalue weighted by atomic mass is 32.1. The van der Waals surface area contributed by atoms with Gasteiger partial charge < -0.3 is 19.5 Å². The summed E-state index contributed by atoms with van der Waals surface area (Å²) in [7, 11) is 4.53. The zero-order valence-electron chi connectivity index (χ0n) is 15.7. The number of benzene rings is 2. The van der Waals surface area contributed by atoms with E-state index in [4.69, 9.17) is 14.2 Å². The van der Waals surface area contributed by atoms with Crippen molar-refractivity contribution in [2.75, 3.05) is 26.6 Å². The Morgan fingerprint density at radius 3 is 2.29 bits per heavy atom. The van der Waals surface area contributed by atoms with Crippen LogP contribution in [0.2, 0.25) is 0 Å². The van der Waals surface area contributed by atoms with Gasteiger partial charge >= 0.3 is 0 Å². The molecule has 1 heterocycles. The number of thiophene rings is 1. The maximum Gasteiger partial charge on any atom is 0.255 e. The van der Waals surface area contributed by atoms with Gasteiger partial charge in [0.2, 0.25) is 5.75 Å². The Bertz CT molecular complexity index is 1010. The van der Waals surface area contributed by atoms with Crippen molar-refractivity contribution in [2.24, 2.45) is 0 Å². The molecule has 3 aromatic rings. The normalized spacial score (nSPS) is 9.82. The maximum absolute atomic E-state index is 12.7. The van der Waals surface area contributed by atoms with E-state index in [1.54, 1.807) is 23.5 Å². The first kappa shape index (κ1) is 19.3. The molecule has 6 heteroatoms. The van der Waals surface area contributed by atoms with Crippen LogP contribution in [0.5, 0.6) is 17.2 Å². The number of hydrogen-bond donors (Lipinski definition) is 1. The van der Waals surface area contributed by atoms with Crippen molar-refractivity contribution in [3.05, 3.63) is 69.9 Å². The van der Waals surface area contributed by atoms with Crippen molar-refractivity contribution < 1.29 is 19.0 Å². The van der Waals surface area contributed by atoms with Crippen molar-refractivity contribution in [1.29, 1.82) is 0 Å². The molecule has 0 spiro atoms. The lowest BCUT2D eigenvalue weighted by atomic mass is 10.1. The molecule has 0 radical (unpaired) electrons. The van der Waals surface area contributed by atoms with Gasteiger partial charge in [0.15, 0.2) is 11.5 Å². The Labute approximate surface area is 167 Å². The summed E-state index contributed by atoms with van der Waals surface area (Å²) in [4.78, 5) is 13.7. The molecule has 142 valence electrons. The van der Waals surface area contributed by atoms with Crippen LogP contribution in [0.25, 0.3) is 0 Å². The third kappa shape index (κ3) is 4.45. The molecule has 2 aromatic carbocycles. The van der Waals surface area contributed by atoms with Crippen molar-refractivity contribution >= 4 is 22.9 Å². The average Bonchev–Trinajstić information content (AvgIpc) is 3.25. The Balaban J connectivity index is 1.82. The van der Waals surface area contributed by atoms with E-state index in [0.29, 0.717) is 28.5 Å². The van der Waals surface area contributed by atoms with E-state index in [0.717, 1.165) is 10.4 Å². The minimum Gasteiger partial charge on any atom is -0.493 e. The molecule has 0 saturated heterocycles. The zero-order valence-corrected chi connectivity index (χ0v) is 16.6. The minimum absolute atomic E-state index is 0.289. The lowest BCUT2D eigenvalue weighted by Gasteiger charge is -2.14. The van der Waals surface area contributed by atoms with E-state index in [1.807, 2.05) is 41.8 Å². The average molecular weight is 393 g/mol. The van der Waals surface area contributed by atoms with Crippen LogP contribution >= 0.6 is 11.3 Å². The van der Waals surface area contributed by atoms with Crippen LogP contribution in [0.4, 0.5) is 5.69 Å². The van der Waals surface area contributed by atoms with Gasteiger partial charge in [-0.1, -0.05) is 24.0 Å². The molecular formula is C22H19NO4S. The highest BCUT2D eigenvalue weighted by molar-refractivity contribution is 7.10. The molecule has 0 aliphatic rings. The Kier molecular flexibility index (Phi) is 6.20. The van der Waals surface area contributed by atoms with Crippen LogP contribution in [-0.4, -0.2) is 27.2 Å². The largest absolute Gasteiger partial charge is 0.493 e. The number of hydrogen-bond acceptors (Lipinski definition) is 5. The van der Waals surface area contributed by atoms with Gasteiger partial charge in [-0.15, -0.1) is 11.3 Å². The summed E-state index contributed by atoms with van der Waals surface area (Å²) >= 11 is 1.59. The summed E-state index contributed by atoms with van der Waals surface area (Å²) in [6.07, 6.45) is 0. The molecule has 0 unspecified atom stereocenters. The van der Waals surface area contributed by atoms with E-state index in [1.165, 1.54) is 21.3 Å². The van der Waals surface area contributed by atoms with E-state index < -0.39 is 0 Å². The lowest BCUT2D eigenvalue weighted by molar-refractivity contribution is 0.102. The number of ether oxygens (including phenoxy) is 3. The van der Waals surface area contributed by atoms with E-state index in [9.17, 15) is 4.79 Å². The molecule has 3 rings (SSSR count). The Morgan fingerprint density at radius 2 is 1.68 bits per heavy atom. The predicted molar refractivity (Wildman–Crippen MR) is 111 cm³/mol. The van der Waals surface area contributed by atoms with Gasteiger partial charge in [0, 0.05) is 16.8 Å². The van der Waals surface area contributed by atoms with Gasteiger partial charge in [0.05, 0.1) is 26.2 Å². The Morgan fingerprint density at radius 1 is 0.929 bits per heavy atom. The van der Waals surface area contributed by atoms with Crippen LogP contribution in [0, 0.1) is 11.8 Å². The summed E-state index contributed by atoms with van der Waals surface area (Å²) < 4.78 is 15.9. The summed E-state index contributed by atoms with van der Waals surface area (Å²) in [5.74, 6) is 7.20. The van der Waals surface area contributed by atoms with Gasteiger partial charge in [-0.2, -0.15) is 0 Å². The first-order valence-corrected chi connectivity index (χ1v) is 9.29. The third-order valence-corrected chi connectivity index (χ3v) is 4.68. The molecule has 5 nitrogen and oxygen atoms in total. The minimum atomic E-state index is -0.289. The van der Waals surface area contributed by atoms with Crippen molar-refractivity contribution in [3.8, 4) is 29.1 Å². The molecule has 0 saturated carbocycles. The van der Waals surface area contributed by atoms with Gasteiger partial charge in [-0.25, -0.2) is 0 Å². The van der Waals surface area contributed by atoms with Crippen molar-refractivity contribution in [1.82, 2.24) is 0 Å². The molecule has 0 atom stereocenters. The number of amides is 1. The number of rotatable bonds is 5. The number of carbonyl (C=O) groups is 1. The van der Waals surface area contributed by atoms with Crippen LogP contribution in [0.3, 0.4) is 0 Å². The van der Waals surface area contributed by atoms with Gasteiger partial charge in [0.25, 0.3) is 5.91 Å². The van der Waals surface area contributed by atoms with E-state index in [-0.39, 0.29) is 5.91 Å². The molecule has 0 aliphatic heterocycles. The molecule has 1 aromatic heterocycles. The van der Waals surface area contributed by atoms with E-state index in [2.05, 4.69) is 17.2 Å². The fourth-order valence-corrected chi connectivity index (χ4v) is 3.14. The topological polar surface area (TPSA) is 56.8 Å². The summed E-state index contributed by atoms with van der Waals surface area (Å²) in [6.45, 7) is 0. The fraction of sp³-hybridized carbons (Fsp3) is 0.136. The summed E-state index contributed by atoms with van der Waals surface area (Å²) in [6, 6.07) is 14.5. The standard InChI is InChI=1S/C22H19NO4S/c1-25-19-13-16(14-20(26-2)21(19)27-3)22(24)23-17-7-4-6-15(12-17)9-10-18-8-5-11-28-18/h4-8,11-14H,1-3H3,(H,23,24). The third-order valence-electron chi connectivity index (χ3n) is 3.90. The SMILES string of the molecule is COc1cc(C(=O)Nc2cccc(C#Cc3cccs3)c2)cc(OC)c1OC. The predicted octanol–water partition coefficient (Wildman–Crippen LogP) is 4.43. The Hall–Kier alpha value is -3.43. The maximum atomic E-state index is 12.7. The van der Waals surface area contributed by atoms with Crippen LogP contribution in [0.1, 0.15) is 20.8 Å². The highest BCUT2D eigenvalue weighted by Crippen LogP contribution is 2.38. The second-order valence-corrected chi connectivity index (χ2v) is 6.62. The van der Waals surface area contributed by atoms with Crippen molar-refractivity contribution in [2.45, 2.75) is 0 Å². The molecular weight excluding hydrogens is 374 g/mol. The van der Waals surface area contributed by atoms with Crippen LogP contribution < -0.4 is 19.5 Å². The first-order valence-electron chi connectivity index (χ1n) is 8.41. The molecule has 0 fully saturated rings. The quantitative estimate of drug-likeness (QED) is 0.652. The number of anilines is 1. The van der Waals surface area contributed by atoms with Crippen LogP contribution in [-0.2, 0) is 0 Å². The molecule has 0 aliphatic carbocycles. The number of nitrogens with one attached hydrogen (secondary N) is 1. The lowest BCUT2D eigenvalue weighted by Crippen LogP contribution is -2.12. The molecule has 1 N–H and O–H groups in total. The molecule has 0 bridgehead atoms. The van der Waals surface area contributed by atoms with Gasteiger partial charge in [-0.05, 0) is 41.8 Å². The van der Waals surface area contributed by atoms with E-state index >= 15 is 0 Å². The molecule has 1 amide bonds. The number of methoxy groups -OCH3 is 3. The monoisotopic (exact) mass is 393 g/mol. The van der Waals surface area contributed by atoms with Crippen LogP contribution in [0.15, 0.2) is 53.9 Å². The second-order valence-electron chi connectivity index (χ2n) is 5.68. The second kappa shape index (κ2) is 8.98. The van der Waals surface area contributed by atoms with Gasteiger partial charge in [-0.3, -0.25) is 4.79 Å². The summed E-state index contributed by atoms with van der Waals surface area (Å²) in [5, 5.41) is 4.86.